The summed E-state index contributed by atoms with van der Waals surface area (Å²) in [4.78, 5) is 11.4. The Hall–Kier alpha value is -2.04. The Kier molecular flexibility index (Phi) is 5.84. The molecule has 1 unspecified atom stereocenters. The molecule has 0 N–H and O–H groups in total. The van der Waals surface area contributed by atoms with E-state index in [-0.39, 0.29) is 5.25 Å². The van der Waals surface area contributed by atoms with E-state index in [1.54, 1.807) is 18.8 Å². The van der Waals surface area contributed by atoms with Crippen molar-refractivity contribution < 1.29 is 0 Å². The van der Waals surface area contributed by atoms with Crippen LogP contribution < -0.4 is 4.90 Å². The Morgan fingerprint density at radius 1 is 1.19 bits per heavy atom. The van der Waals surface area contributed by atoms with Crippen LogP contribution in [0.25, 0.3) is 0 Å². The van der Waals surface area contributed by atoms with Crippen molar-refractivity contribution >= 4 is 40.1 Å². The Balaban J connectivity index is 1.96. The number of aryl methyl sites for hydroxylation is 1. The van der Waals surface area contributed by atoms with Gasteiger partial charge in [0.25, 0.3) is 0 Å². The van der Waals surface area contributed by atoms with Crippen LogP contribution in [0.2, 0.25) is 5.02 Å². The first-order valence-corrected chi connectivity index (χ1v) is 9.81. The van der Waals surface area contributed by atoms with Gasteiger partial charge in [0.2, 0.25) is 0 Å². The van der Waals surface area contributed by atoms with E-state index in [1.165, 1.54) is 0 Å². The lowest BCUT2D eigenvalue weighted by molar-refractivity contribution is 1.10. The minimum atomic E-state index is 0.169. The fraction of sp³-hybridized carbons (Fsp3) is 0.238. The minimum Gasteiger partial charge on any atom is -0.272 e. The van der Waals surface area contributed by atoms with Crippen LogP contribution in [-0.4, -0.2) is 18.1 Å². The van der Waals surface area contributed by atoms with E-state index < -0.39 is 0 Å². The van der Waals surface area contributed by atoms with Gasteiger partial charge in [-0.1, -0.05) is 59.8 Å². The average molecular weight is 384 g/mol. The van der Waals surface area contributed by atoms with E-state index in [0.717, 1.165) is 38.5 Å². The summed E-state index contributed by atoms with van der Waals surface area (Å²) in [6.45, 7) is 6.19. The zero-order valence-corrected chi connectivity index (χ0v) is 17.0. The Labute approximate surface area is 164 Å². The number of nitrogens with zero attached hydrogens (tertiary/aromatic N) is 3. The number of anilines is 1. The van der Waals surface area contributed by atoms with E-state index in [4.69, 9.17) is 16.6 Å². The lowest BCUT2D eigenvalue weighted by Gasteiger charge is -2.23. The lowest BCUT2D eigenvalue weighted by Crippen LogP contribution is -2.30. The topological polar surface area (TPSA) is 28.0 Å². The predicted molar refractivity (Wildman–Crippen MR) is 116 cm³/mol. The smallest absolute Gasteiger partial charge is 0.175 e. The van der Waals surface area contributed by atoms with Crippen molar-refractivity contribution in [3.8, 4) is 0 Å². The average Bonchev–Trinajstić information content (AvgIpc) is 2.99. The maximum atomic E-state index is 6.47. The molecule has 0 fully saturated rings. The minimum absolute atomic E-state index is 0.169. The van der Waals surface area contributed by atoms with Crippen molar-refractivity contribution in [3.05, 3.63) is 76.5 Å². The van der Waals surface area contributed by atoms with Crippen LogP contribution >= 0.6 is 23.4 Å². The van der Waals surface area contributed by atoms with Gasteiger partial charge >= 0.3 is 0 Å². The third-order valence-electron chi connectivity index (χ3n) is 4.22. The molecule has 1 aliphatic rings. The number of para-hydroxylation sites is 1. The molecule has 134 valence electrons. The maximum Gasteiger partial charge on any atom is 0.175 e. The summed E-state index contributed by atoms with van der Waals surface area (Å²) >= 11 is 8.16. The van der Waals surface area contributed by atoms with Gasteiger partial charge in [-0.3, -0.25) is 9.89 Å². The molecule has 26 heavy (non-hydrogen) atoms. The summed E-state index contributed by atoms with van der Waals surface area (Å²) in [6, 6.07) is 16.4. The number of hydrogen-bond donors (Lipinski definition) is 0. The molecular formula is C21H22ClN3S. The highest BCUT2D eigenvalue weighted by Crippen LogP contribution is 2.38. The summed E-state index contributed by atoms with van der Waals surface area (Å²) < 4.78 is 0. The fourth-order valence-corrected chi connectivity index (χ4v) is 4.45. The molecule has 0 spiro atoms. The number of thioether (sulfide) groups is 1. The van der Waals surface area contributed by atoms with Crippen molar-refractivity contribution in [2.24, 2.45) is 9.98 Å². The Morgan fingerprint density at radius 2 is 1.92 bits per heavy atom. The highest BCUT2D eigenvalue weighted by molar-refractivity contribution is 8.14. The van der Waals surface area contributed by atoms with Crippen molar-refractivity contribution in [2.75, 3.05) is 11.9 Å². The molecule has 1 aliphatic heterocycles. The first-order valence-electron chi connectivity index (χ1n) is 8.55. The highest BCUT2D eigenvalue weighted by Gasteiger charge is 2.30. The summed E-state index contributed by atoms with van der Waals surface area (Å²) in [5.74, 6) is 0.864. The van der Waals surface area contributed by atoms with E-state index in [2.05, 4.69) is 41.1 Å². The van der Waals surface area contributed by atoms with Crippen LogP contribution in [0, 0.1) is 6.92 Å². The van der Waals surface area contributed by atoms with Gasteiger partial charge in [-0.05, 0) is 50.1 Å². The van der Waals surface area contributed by atoms with Crippen LogP contribution in [0.4, 0.5) is 5.69 Å². The second-order valence-corrected chi connectivity index (χ2v) is 7.79. The summed E-state index contributed by atoms with van der Waals surface area (Å²) in [7, 11) is 1.80. The lowest BCUT2D eigenvalue weighted by atomic mass is 10.1. The number of aliphatic imine (C=N–C) groups is 2. The van der Waals surface area contributed by atoms with Crippen LogP contribution in [0.15, 0.2) is 70.3 Å². The first kappa shape index (κ1) is 18.7. The van der Waals surface area contributed by atoms with Crippen molar-refractivity contribution in [2.45, 2.75) is 26.0 Å². The summed E-state index contributed by atoms with van der Waals surface area (Å²) in [5.41, 5.74) is 4.22. The first-order chi connectivity index (χ1) is 12.5. The van der Waals surface area contributed by atoms with E-state index in [9.17, 15) is 0 Å². The number of halogens is 1. The second kappa shape index (κ2) is 8.11. The molecule has 0 bridgehead atoms. The highest BCUT2D eigenvalue weighted by atomic mass is 35.5. The van der Waals surface area contributed by atoms with Gasteiger partial charge in [-0.15, -0.1) is 0 Å². The fourth-order valence-electron chi connectivity index (χ4n) is 2.89. The van der Waals surface area contributed by atoms with Crippen molar-refractivity contribution in [1.29, 1.82) is 0 Å². The van der Waals surface area contributed by atoms with Crippen LogP contribution in [0.3, 0.4) is 0 Å². The van der Waals surface area contributed by atoms with Gasteiger partial charge < -0.3 is 0 Å². The number of rotatable bonds is 3. The van der Waals surface area contributed by atoms with E-state index >= 15 is 0 Å². The Morgan fingerprint density at radius 3 is 2.54 bits per heavy atom. The normalized spacial score (nSPS) is 18.5. The van der Waals surface area contributed by atoms with Crippen molar-refractivity contribution in [3.63, 3.8) is 0 Å². The van der Waals surface area contributed by atoms with Crippen LogP contribution in [-0.2, 0) is 0 Å². The molecule has 0 saturated carbocycles. The van der Waals surface area contributed by atoms with Gasteiger partial charge in [0.05, 0.1) is 0 Å². The number of benzene rings is 2. The molecule has 2 aromatic rings. The van der Waals surface area contributed by atoms with E-state index in [0.29, 0.717) is 0 Å². The molecule has 3 nitrogen and oxygen atoms in total. The molecule has 0 amide bonds. The molecule has 1 heterocycles. The van der Waals surface area contributed by atoms with Gasteiger partial charge in [-0.2, -0.15) is 0 Å². The zero-order chi connectivity index (χ0) is 18.7. The second-order valence-electron chi connectivity index (χ2n) is 6.07. The summed E-state index contributed by atoms with van der Waals surface area (Å²) in [6.07, 6.45) is 2.00. The molecule has 2 aromatic carbocycles. The molecule has 0 radical (unpaired) electrons. The third-order valence-corrected chi connectivity index (χ3v) is 5.64. The van der Waals surface area contributed by atoms with Gasteiger partial charge in [0, 0.05) is 23.0 Å². The molecule has 5 heteroatoms. The molecule has 1 atom stereocenters. The van der Waals surface area contributed by atoms with Crippen LogP contribution in [0.1, 0.15) is 30.2 Å². The number of amidine groups is 2. The van der Waals surface area contributed by atoms with Crippen LogP contribution in [0.5, 0.6) is 0 Å². The number of allylic oxidation sites excluding steroid dienone is 1. The monoisotopic (exact) mass is 383 g/mol. The summed E-state index contributed by atoms with van der Waals surface area (Å²) in [5, 5.41) is 1.88. The molecule has 0 aromatic heterocycles. The van der Waals surface area contributed by atoms with Gasteiger partial charge in [-0.25, -0.2) is 4.99 Å². The Bertz CT molecular complexity index is 887. The molecule has 0 saturated heterocycles. The van der Waals surface area contributed by atoms with Gasteiger partial charge in [0.1, 0.15) is 5.70 Å². The molecular weight excluding hydrogens is 362 g/mol. The quantitative estimate of drug-likeness (QED) is 0.626. The standard InChI is InChI=1S/C21H22ClN3S/c1-5-19-20(23-4)25(16-9-7-6-8-10-16)21(24-19)26-15(3)17-12-11-14(2)13-18(17)22/h5-13,15H,1-4H3/b19-5+,23-20+. The third kappa shape index (κ3) is 3.71. The van der Waals surface area contributed by atoms with Crippen molar-refractivity contribution in [1.82, 2.24) is 0 Å². The molecule has 0 aliphatic carbocycles. The molecule has 3 rings (SSSR count). The SMILES string of the molecule is C/C=C1/N=C(SC(C)c2ccc(C)cc2Cl)N(c2ccccc2)/C1=N/C. The maximum absolute atomic E-state index is 6.47. The predicted octanol–water partition coefficient (Wildman–Crippen LogP) is 6.25. The number of hydrogen-bond acceptors (Lipinski definition) is 3. The van der Waals surface area contributed by atoms with Gasteiger partial charge in [0.15, 0.2) is 11.0 Å². The zero-order valence-electron chi connectivity index (χ0n) is 15.4. The largest absolute Gasteiger partial charge is 0.272 e. The van der Waals surface area contributed by atoms with E-state index in [1.807, 2.05) is 44.2 Å².